The first-order valence-electron chi connectivity index (χ1n) is 4.03. The molecule has 0 aromatic carbocycles. The summed E-state index contributed by atoms with van der Waals surface area (Å²) in [5.41, 5.74) is -0.00141. The van der Waals surface area contributed by atoms with Crippen LogP contribution in [0.2, 0.25) is 0 Å². The van der Waals surface area contributed by atoms with Gasteiger partial charge in [0.2, 0.25) is 6.08 Å². The lowest BCUT2D eigenvalue weighted by atomic mass is 9.85. The summed E-state index contributed by atoms with van der Waals surface area (Å²) in [6, 6.07) is 0. The number of hydrogen-bond acceptors (Lipinski definition) is 2. The van der Waals surface area contributed by atoms with E-state index < -0.39 is 0 Å². The van der Waals surface area contributed by atoms with Crippen LogP contribution in [0.25, 0.3) is 0 Å². The van der Waals surface area contributed by atoms with Gasteiger partial charge in [0.1, 0.15) is 0 Å². The standard InChI is InChI=1S/C9H15NO/c1-7-5-9(7,4)8(2,3)10-6-11/h7H,5H2,1-4H3. The predicted octanol–water partition coefficient (Wildman–Crippen LogP) is 2.15. The van der Waals surface area contributed by atoms with E-state index in [9.17, 15) is 4.79 Å². The molecule has 0 heterocycles. The van der Waals surface area contributed by atoms with Crippen molar-refractivity contribution in [2.75, 3.05) is 0 Å². The molecule has 0 amide bonds. The van der Waals surface area contributed by atoms with E-state index >= 15 is 0 Å². The average molecular weight is 153 g/mol. The van der Waals surface area contributed by atoms with E-state index in [1.807, 2.05) is 13.8 Å². The molecule has 0 radical (unpaired) electrons. The Labute approximate surface area is 67.7 Å². The fraction of sp³-hybridized carbons (Fsp3) is 0.889. The molecular formula is C9H15NO. The lowest BCUT2D eigenvalue weighted by Gasteiger charge is -2.26. The maximum Gasteiger partial charge on any atom is 0.235 e. The predicted molar refractivity (Wildman–Crippen MR) is 44.1 cm³/mol. The fourth-order valence-electron chi connectivity index (χ4n) is 1.67. The van der Waals surface area contributed by atoms with Crippen molar-refractivity contribution in [3.05, 3.63) is 0 Å². The summed E-state index contributed by atoms with van der Waals surface area (Å²) in [4.78, 5) is 13.9. The molecule has 0 aliphatic heterocycles. The van der Waals surface area contributed by atoms with E-state index in [1.165, 1.54) is 6.42 Å². The van der Waals surface area contributed by atoms with E-state index in [1.54, 1.807) is 6.08 Å². The van der Waals surface area contributed by atoms with Gasteiger partial charge in [0.25, 0.3) is 0 Å². The molecule has 1 saturated carbocycles. The molecule has 2 nitrogen and oxygen atoms in total. The maximum absolute atomic E-state index is 10.1. The van der Waals surface area contributed by atoms with Crippen LogP contribution >= 0.6 is 0 Å². The van der Waals surface area contributed by atoms with Crippen LogP contribution in [-0.4, -0.2) is 11.6 Å². The molecule has 1 aliphatic carbocycles. The van der Waals surface area contributed by atoms with E-state index in [0.717, 1.165) is 0 Å². The minimum Gasteiger partial charge on any atom is -0.211 e. The molecule has 0 aromatic rings. The van der Waals surface area contributed by atoms with Crippen molar-refractivity contribution in [2.45, 2.75) is 39.7 Å². The molecule has 2 atom stereocenters. The van der Waals surface area contributed by atoms with Crippen molar-refractivity contribution in [1.82, 2.24) is 0 Å². The van der Waals surface area contributed by atoms with Gasteiger partial charge in [-0.05, 0) is 31.6 Å². The Morgan fingerprint density at radius 1 is 1.64 bits per heavy atom. The molecule has 62 valence electrons. The summed E-state index contributed by atoms with van der Waals surface area (Å²) in [5.74, 6) is 0.689. The summed E-state index contributed by atoms with van der Waals surface area (Å²) in [5, 5.41) is 0. The third-order valence-corrected chi connectivity index (χ3v) is 3.38. The molecule has 0 saturated heterocycles. The van der Waals surface area contributed by atoms with Gasteiger partial charge in [0, 0.05) is 0 Å². The summed E-state index contributed by atoms with van der Waals surface area (Å²) >= 11 is 0. The second kappa shape index (κ2) is 2.18. The minimum atomic E-state index is -0.228. The van der Waals surface area contributed by atoms with Crippen LogP contribution in [-0.2, 0) is 4.79 Å². The number of nitrogens with zero attached hydrogens (tertiary/aromatic N) is 1. The molecule has 2 heteroatoms. The highest BCUT2D eigenvalue weighted by Crippen LogP contribution is 2.59. The lowest BCUT2D eigenvalue weighted by molar-refractivity contribution is 0.301. The Hall–Kier alpha value is -0.620. The smallest absolute Gasteiger partial charge is 0.211 e. The van der Waals surface area contributed by atoms with Crippen LogP contribution in [0.5, 0.6) is 0 Å². The van der Waals surface area contributed by atoms with Gasteiger partial charge >= 0.3 is 0 Å². The molecule has 0 spiro atoms. The van der Waals surface area contributed by atoms with Gasteiger partial charge in [-0.3, -0.25) is 0 Å². The molecule has 0 bridgehead atoms. The van der Waals surface area contributed by atoms with E-state index in [-0.39, 0.29) is 11.0 Å². The highest BCUT2D eigenvalue weighted by Gasteiger charge is 2.57. The van der Waals surface area contributed by atoms with E-state index in [4.69, 9.17) is 0 Å². The molecule has 0 N–H and O–H groups in total. The Morgan fingerprint density at radius 3 is 2.36 bits per heavy atom. The zero-order chi connectivity index (χ0) is 8.70. The van der Waals surface area contributed by atoms with Gasteiger partial charge in [-0.25, -0.2) is 4.79 Å². The molecule has 1 fully saturated rings. The van der Waals surface area contributed by atoms with Gasteiger partial charge in [0.05, 0.1) is 5.54 Å². The lowest BCUT2D eigenvalue weighted by Crippen LogP contribution is -2.29. The highest BCUT2D eigenvalue weighted by molar-refractivity contribution is 5.36. The van der Waals surface area contributed by atoms with Crippen molar-refractivity contribution < 1.29 is 4.79 Å². The molecule has 1 rings (SSSR count). The van der Waals surface area contributed by atoms with Crippen molar-refractivity contribution >= 4 is 6.08 Å². The zero-order valence-corrected chi connectivity index (χ0v) is 7.64. The fourth-order valence-corrected chi connectivity index (χ4v) is 1.67. The molecule has 1 aliphatic rings. The summed E-state index contributed by atoms with van der Waals surface area (Å²) in [7, 11) is 0. The first-order valence-corrected chi connectivity index (χ1v) is 4.03. The number of carbonyl (C=O) groups excluding carboxylic acids is 1. The van der Waals surface area contributed by atoms with Gasteiger partial charge in [-0.2, -0.15) is 4.99 Å². The Balaban J connectivity index is 2.81. The van der Waals surface area contributed by atoms with E-state index in [2.05, 4.69) is 18.8 Å². The molecule has 11 heavy (non-hydrogen) atoms. The zero-order valence-electron chi connectivity index (χ0n) is 7.64. The number of isocyanates is 1. The van der Waals surface area contributed by atoms with Crippen LogP contribution in [0.4, 0.5) is 0 Å². The summed E-state index contributed by atoms with van der Waals surface area (Å²) in [6.07, 6.45) is 2.82. The van der Waals surface area contributed by atoms with E-state index in [0.29, 0.717) is 5.92 Å². The van der Waals surface area contributed by atoms with Gasteiger partial charge in [0.15, 0.2) is 0 Å². The Bertz CT molecular complexity index is 216. The van der Waals surface area contributed by atoms with Crippen LogP contribution in [0.3, 0.4) is 0 Å². The maximum atomic E-state index is 10.1. The van der Waals surface area contributed by atoms with Crippen molar-refractivity contribution in [3.8, 4) is 0 Å². The normalized spacial score (nSPS) is 36.2. The minimum absolute atomic E-state index is 0.227. The number of hydrogen-bond donors (Lipinski definition) is 0. The Kier molecular flexibility index (Phi) is 1.68. The Morgan fingerprint density at radius 2 is 2.09 bits per heavy atom. The van der Waals surface area contributed by atoms with Gasteiger partial charge in [-0.1, -0.05) is 13.8 Å². The third kappa shape index (κ3) is 1.12. The molecular weight excluding hydrogens is 138 g/mol. The second-order valence-electron chi connectivity index (χ2n) is 4.28. The van der Waals surface area contributed by atoms with Crippen LogP contribution in [0, 0.1) is 11.3 Å². The van der Waals surface area contributed by atoms with Crippen LogP contribution in [0.1, 0.15) is 34.1 Å². The third-order valence-electron chi connectivity index (χ3n) is 3.38. The monoisotopic (exact) mass is 153 g/mol. The average Bonchev–Trinajstić information content (AvgIpc) is 2.42. The number of aliphatic imine (C=N–C) groups is 1. The molecule has 2 unspecified atom stereocenters. The SMILES string of the molecule is CC1CC1(C)C(C)(C)N=C=O. The van der Waals surface area contributed by atoms with Gasteiger partial charge < -0.3 is 0 Å². The summed E-state index contributed by atoms with van der Waals surface area (Å²) < 4.78 is 0. The number of rotatable bonds is 2. The first-order chi connectivity index (χ1) is 4.94. The largest absolute Gasteiger partial charge is 0.235 e. The summed E-state index contributed by atoms with van der Waals surface area (Å²) in [6.45, 7) is 8.38. The van der Waals surface area contributed by atoms with Crippen LogP contribution < -0.4 is 0 Å². The quantitative estimate of drug-likeness (QED) is 0.441. The van der Waals surface area contributed by atoms with Crippen molar-refractivity contribution in [2.24, 2.45) is 16.3 Å². The molecule has 0 aromatic heterocycles. The van der Waals surface area contributed by atoms with Crippen molar-refractivity contribution in [1.29, 1.82) is 0 Å². The highest BCUT2D eigenvalue weighted by atomic mass is 16.1. The second-order valence-corrected chi connectivity index (χ2v) is 4.28. The van der Waals surface area contributed by atoms with Gasteiger partial charge in [-0.15, -0.1) is 0 Å². The first kappa shape index (κ1) is 8.48. The van der Waals surface area contributed by atoms with Crippen molar-refractivity contribution in [3.63, 3.8) is 0 Å². The van der Waals surface area contributed by atoms with Crippen LogP contribution in [0.15, 0.2) is 4.99 Å². The topological polar surface area (TPSA) is 29.4 Å².